The van der Waals surface area contributed by atoms with Crippen molar-refractivity contribution in [3.05, 3.63) is 64.7 Å². The first kappa shape index (κ1) is 14.6. The van der Waals surface area contributed by atoms with E-state index in [1.807, 2.05) is 0 Å². The second-order valence-corrected chi connectivity index (χ2v) is 5.16. The lowest BCUT2D eigenvalue weighted by atomic mass is 10.0. The third-order valence-corrected chi connectivity index (χ3v) is 3.60. The predicted molar refractivity (Wildman–Crippen MR) is 84.3 cm³/mol. The Morgan fingerprint density at radius 1 is 1.00 bits per heavy atom. The van der Waals surface area contributed by atoms with Gasteiger partial charge in [0.05, 0.1) is 7.11 Å². The normalized spacial score (nSPS) is 10.6. The van der Waals surface area contributed by atoms with Crippen LogP contribution in [0.3, 0.4) is 0 Å². The van der Waals surface area contributed by atoms with Gasteiger partial charge in [0.15, 0.2) is 0 Å². The van der Waals surface area contributed by atoms with Crippen LogP contribution in [0.5, 0.6) is 5.75 Å². The number of hydrogen-bond donors (Lipinski definition) is 1. The number of rotatable bonds is 6. The molecule has 0 aliphatic heterocycles. The van der Waals surface area contributed by atoms with Crippen molar-refractivity contribution in [3.8, 4) is 5.75 Å². The van der Waals surface area contributed by atoms with Crippen LogP contribution in [0, 0.1) is 13.8 Å². The van der Waals surface area contributed by atoms with Crippen LogP contribution in [0.1, 0.15) is 22.3 Å². The predicted octanol–water partition coefficient (Wildman–Crippen LogP) is 3.64. The Morgan fingerprint density at radius 3 is 2.45 bits per heavy atom. The molecule has 0 saturated carbocycles. The molecular formula is C18H23NO. The summed E-state index contributed by atoms with van der Waals surface area (Å²) >= 11 is 0. The summed E-state index contributed by atoms with van der Waals surface area (Å²) in [5, 5.41) is 3.51. The molecule has 0 radical (unpaired) electrons. The smallest absolute Gasteiger partial charge is 0.122 e. The van der Waals surface area contributed by atoms with Crippen LogP contribution >= 0.6 is 0 Å². The Hall–Kier alpha value is -1.80. The van der Waals surface area contributed by atoms with E-state index in [1.165, 1.54) is 22.3 Å². The lowest BCUT2D eigenvalue weighted by Crippen LogP contribution is -2.17. The fourth-order valence-corrected chi connectivity index (χ4v) is 2.36. The monoisotopic (exact) mass is 269 g/mol. The second kappa shape index (κ2) is 7.11. The number of aryl methyl sites for hydroxylation is 2. The highest BCUT2D eigenvalue weighted by molar-refractivity contribution is 5.41. The van der Waals surface area contributed by atoms with Gasteiger partial charge >= 0.3 is 0 Å². The topological polar surface area (TPSA) is 21.3 Å². The van der Waals surface area contributed by atoms with Crippen molar-refractivity contribution < 1.29 is 4.74 Å². The molecule has 0 spiro atoms. The van der Waals surface area contributed by atoms with E-state index in [-0.39, 0.29) is 0 Å². The molecule has 0 aliphatic rings. The molecule has 2 nitrogen and oxygen atoms in total. The molecule has 0 aliphatic carbocycles. The highest BCUT2D eigenvalue weighted by Crippen LogP contribution is 2.22. The summed E-state index contributed by atoms with van der Waals surface area (Å²) in [6, 6.07) is 14.9. The maximum absolute atomic E-state index is 5.34. The van der Waals surface area contributed by atoms with Crippen LogP contribution in [0.15, 0.2) is 42.5 Å². The quantitative estimate of drug-likeness (QED) is 0.808. The summed E-state index contributed by atoms with van der Waals surface area (Å²) in [6.45, 7) is 6.12. The molecule has 1 N–H and O–H groups in total. The molecule has 0 fully saturated rings. The zero-order chi connectivity index (χ0) is 14.4. The van der Waals surface area contributed by atoms with Crippen molar-refractivity contribution in [2.45, 2.75) is 26.8 Å². The second-order valence-electron chi connectivity index (χ2n) is 5.16. The van der Waals surface area contributed by atoms with Crippen molar-refractivity contribution in [2.24, 2.45) is 0 Å². The molecule has 0 heterocycles. The molecule has 106 valence electrons. The van der Waals surface area contributed by atoms with Crippen LogP contribution in [0.2, 0.25) is 0 Å². The Kier molecular flexibility index (Phi) is 5.19. The van der Waals surface area contributed by atoms with Crippen LogP contribution < -0.4 is 10.1 Å². The van der Waals surface area contributed by atoms with Crippen molar-refractivity contribution in [1.82, 2.24) is 5.32 Å². The summed E-state index contributed by atoms with van der Waals surface area (Å²) < 4.78 is 5.34. The zero-order valence-electron chi connectivity index (χ0n) is 12.6. The largest absolute Gasteiger partial charge is 0.496 e. The SMILES string of the molecule is COc1cc(C)c(CNCCc2ccccc2)cc1C. The minimum absolute atomic E-state index is 0.906. The molecule has 2 heteroatoms. The van der Waals surface area contributed by atoms with Gasteiger partial charge in [0.1, 0.15) is 5.75 Å². The summed E-state index contributed by atoms with van der Waals surface area (Å²) in [5.41, 5.74) is 5.19. The summed E-state index contributed by atoms with van der Waals surface area (Å²) in [4.78, 5) is 0. The lowest BCUT2D eigenvalue weighted by Gasteiger charge is -2.12. The first-order valence-electron chi connectivity index (χ1n) is 7.09. The summed E-state index contributed by atoms with van der Waals surface area (Å²) in [6.07, 6.45) is 1.06. The van der Waals surface area contributed by atoms with E-state index in [2.05, 4.69) is 61.6 Å². The Bertz CT molecular complexity index is 549. The van der Waals surface area contributed by atoms with Crippen LogP contribution in [0.25, 0.3) is 0 Å². The molecule has 2 rings (SSSR count). The van der Waals surface area contributed by atoms with E-state index in [9.17, 15) is 0 Å². The van der Waals surface area contributed by atoms with Gasteiger partial charge in [-0.15, -0.1) is 0 Å². The maximum Gasteiger partial charge on any atom is 0.122 e. The first-order chi connectivity index (χ1) is 9.70. The molecule has 20 heavy (non-hydrogen) atoms. The van der Waals surface area contributed by atoms with Gasteiger partial charge in [0.2, 0.25) is 0 Å². The van der Waals surface area contributed by atoms with Gasteiger partial charge in [-0.2, -0.15) is 0 Å². The van der Waals surface area contributed by atoms with Gasteiger partial charge in [0, 0.05) is 6.54 Å². The average molecular weight is 269 g/mol. The molecule has 0 amide bonds. The van der Waals surface area contributed by atoms with E-state index in [0.29, 0.717) is 0 Å². The number of hydrogen-bond acceptors (Lipinski definition) is 2. The molecule has 0 aromatic heterocycles. The number of ether oxygens (including phenoxy) is 1. The van der Waals surface area contributed by atoms with Gasteiger partial charge in [-0.25, -0.2) is 0 Å². The molecule has 0 bridgehead atoms. The molecule has 2 aromatic rings. The van der Waals surface area contributed by atoms with Crippen molar-refractivity contribution in [2.75, 3.05) is 13.7 Å². The van der Waals surface area contributed by atoms with Gasteiger partial charge in [-0.1, -0.05) is 36.4 Å². The van der Waals surface area contributed by atoms with E-state index >= 15 is 0 Å². The van der Waals surface area contributed by atoms with E-state index in [0.717, 1.165) is 25.3 Å². The minimum Gasteiger partial charge on any atom is -0.496 e. The van der Waals surface area contributed by atoms with Crippen LogP contribution in [-0.4, -0.2) is 13.7 Å². The van der Waals surface area contributed by atoms with E-state index in [1.54, 1.807) is 7.11 Å². The van der Waals surface area contributed by atoms with Gasteiger partial charge < -0.3 is 10.1 Å². The highest BCUT2D eigenvalue weighted by Gasteiger charge is 2.04. The van der Waals surface area contributed by atoms with E-state index < -0.39 is 0 Å². The van der Waals surface area contributed by atoms with Gasteiger partial charge in [-0.05, 0) is 55.1 Å². The van der Waals surface area contributed by atoms with Crippen LogP contribution in [0.4, 0.5) is 0 Å². The minimum atomic E-state index is 0.906. The fraction of sp³-hybridized carbons (Fsp3) is 0.333. The van der Waals surface area contributed by atoms with Gasteiger partial charge in [0.25, 0.3) is 0 Å². The van der Waals surface area contributed by atoms with E-state index in [4.69, 9.17) is 4.74 Å². The number of methoxy groups -OCH3 is 1. The summed E-state index contributed by atoms with van der Waals surface area (Å²) in [5.74, 6) is 0.968. The molecular weight excluding hydrogens is 246 g/mol. The Balaban J connectivity index is 1.87. The standard InChI is InChI=1S/C18H23NO/c1-14-12-18(20-3)15(2)11-17(14)13-19-10-9-16-7-5-4-6-8-16/h4-8,11-12,19H,9-10,13H2,1-3H3. The average Bonchev–Trinajstić information content (AvgIpc) is 2.47. The van der Waals surface area contributed by atoms with Gasteiger partial charge in [-0.3, -0.25) is 0 Å². The third-order valence-electron chi connectivity index (χ3n) is 3.60. The van der Waals surface area contributed by atoms with Crippen molar-refractivity contribution in [1.29, 1.82) is 0 Å². The maximum atomic E-state index is 5.34. The van der Waals surface area contributed by atoms with Crippen molar-refractivity contribution >= 4 is 0 Å². The highest BCUT2D eigenvalue weighted by atomic mass is 16.5. The third kappa shape index (κ3) is 3.84. The first-order valence-corrected chi connectivity index (χ1v) is 7.09. The molecule has 0 saturated heterocycles. The lowest BCUT2D eigenvalue weighted by molar-refractivity contribution is 0.411. The summed E-state index contributed by atoms with van der Waals surface area (Å²) in [7, 11) is 1.72. The van der Waals surface area contributed by atoms with Crippen molar-refractivity contribution in [3.63, 3.8) is 0 Å². The molecule has 0 unspecified atom stereocenters. The number of benzene rings is 2. The number of nitrogens with one attached hydrogen (secondary N) is 1. The molecule has 2 aromatic carbocycles. The van der Waals surface area contributed by atoms with Crippen LogP contribution in [-0.2, 0) is 13.0 Å². The molecule has 0 atom stereocenters. The fourth-order valence-electron chi connectivity index (χ4n) is 2.36. The Labute approximate surface area is 121 Å². The zero-order valence-corrected chi connectivity index (χ0v) is 12.6. The Morgan fingerprint density at radius 2 is 1.75 bits per heavy atom.